The molecule has 0 radical (unpaired) electrons. The first-order chi connectivity index (χ1) is 36.1. The van der Waals surface area contributed by atoms with E-state index < -0.39 is 0 Å². The molecule has 358 valence electrons. The van der Waals surface area contributed by atoms with Gasteiger partial charge in [0.1, 0.15) is 0 Å². The summed E-state index contributed by atoms with van der Waals surface area (Å²) < 4.78 is 0. The van der Waals surface area contributed by atoms with Gasteiger partial charge in [0, 0.05) is 28.2 Å². The molecule has 0 aliphatic carbocycles. The second kappa shape index (κ2) is 20.5. The van der Waals surface area contributed by atoms with Gasteiger partial charge in [-0.25, -0.2) is 14.9 Å². The maximum atomic E-state index is 5.44. The van der Waals surface area contributed by atoms with Gasteiger partial charge in [0.15, 0.2) is 23.3 Å². The van der Waals surface area contributed by atoms with Crippen molar-refractivity contribution in [3.8, 4) is 67.8 Å². The summed E-state index contributed by atoms with van der Waals surface area (Å²) in [4.78, 5) is 33.9. The van der Waals surface area contributed by atoms with Crippen molar-refractivity contribution in [3.05, 3.63) is 268 Å². The first-order valence-corrected chi connectivity index (χ1v) is 25.1. The molecule has 0 N–H and O–H groups in total. The molecule has 0 aliphatic heterocycles. The summed E-state index contributed by atoms with van der Waals surface area (Å²) in [5.74, 6) is 2.73. The molecule has 0 bridgehead atoms. The van der Waals surface area contributed by atoms with Crippen LogP contribution in [0.2, 0.25) is 0 Å². The van der Waals surface area contributed by atoms with Crippen LogP contribution < -0.4 is 4.90 Å². The molecule has 74 heavy (non-hydrogen) atoms. The Balaban J connectivity index is 1.16. The van der Waals surface area contributed by atoms with Crippen LogP contribution in [0.1, 0.15) is 56.0 Å². The number of aromatic nitrogens is 6. The highest BCUT2D eigenvalue weighted by Gasteiger charge is 2.28. The van der Waals surface area contributed by atoms with Crippen molar-refractivity contribution >= 4 is 17.6 Å². The number of benzene rings is 9. The van der Waals surface area contributed by atoms with E-state index in [2.05, 4.69) is 181 Å². The minimum absolute atomic E-state index is 0.0334. The summed E-state index contributed by atoms with van der Waals surface area (Å²) in [5, 5.41) is 0. The zero-order chi connectivity index (χ0) is 50.7. The Morgan fingerprint density at radius 2 is 0.635 bits per heavy atom. The Morgan fingerprint density at radius 1 is 0.297 bits per heavy atom. The van der Waals surface area contributed by atoms with E-state index in [0.717, 1.165) is 55.8 Å². The van der Waals surface area contributed by atoms with Gasteiger partial charge in [-0.3, -0.25) is 0 Å². The average Bonchev–Trinajstić information content (AvgIpc) is 3.43. The number of hydrogen-bond donors (Lipinski definition) is 0. The second-order valence-electron chi connectivity index (χ2n) is 19.1. The SMILES string of the molecule is Cc1cc(C)c(C(c2ccc(N(c3nc(-c4ccccc4)nc(-c4ccc(-c5ccccc5)cc4)n3)c3nc(-c4ccccc4)nc(-c4ccccc4-c4ccccc4)n3)cc2)c2c(C)cc(C)cc2C)c(C)c1. The lowest BCUT2D eigenvalue weighted by Gasteiger charge is -2.28. The molecule has 0 atom stereocenters. The fourth-order valence-electron chi connectivity index (χ4n) is 10.5. The molecule has 2 heterocycles. The molecule has 2 aromatic heterocycles. The van der Waals surface area contributed by atoms with E-state index in [1.54, 1.807) is 0 Å². The van der Waals surface area contributed by atoms with Gasteiger partial charge in [-0.1, -0.05) is 217 Å². The van der Waals surface area contributed by atoms with Crippen molar-refractivity contribution in [1.82, 2.24) is 29.9 Å². The van der Waals surface area contributed by atoms with Crippen LogP contribution in [0, 0.1) is 41.5 Å². The molecular weight excluding hydrogens is 903 g/mol. The first-order valence-electron chi connectivity index (χ1n) is 25.1. The van der Waals surface area contributed by atoms with Gasteiger partial charge in [0.05, 0.1) is 5.69 Å². The Morgan fingerprint density at radius 3 is 1.09 bits per heavy atom. The molecule has 11 rings (SSSR count). The molecule has 0 fully saturated rings. The normalized spacial score (nSPS) is 11.2. The molecular formula is C67H55N7. The standard InChI is InChI=1S/C67H55N7/c1-43-39-45(3)59(46(4)40-43)61(60-47(5)41-44(2)42-48(60)6)52-35-37-56(38-36-52)74(66-70-62(53-25-15-9-16-26-53)68-64(72-66)55-33-31-50(32-34-55)49-21-11-7-12-22-49)67-71-63(54-27-17-10-18-28-54)69-65(73-67)58-30-20-19-29-57(58)51-23-13-8-14-24-51/h7-42,61H,1-6H3. The lowest BCUT2D eigenvalue weighted by atomic mass is 9.77. The molecule has 0 saturated heterocycles. The molecule has 7 nitrogen and oxygen atoms in total. The van der Waals surface area contributed by atoms with Crippen LogP contribution in [0.15, 0.2) is 218 Å². The Bertz CT molecular complexity index is 3660. The van der Waals surface area contributed by atoms with Crippen LogP contribution in [-0.4, -0.2) is 29.9 Å². The van der Waals surface area contributed by atoms with Gasteiger partial charge >= 0.3 is 0 Å². The first kappa shape index (κ1) is 47.1. The summed E-state index contributed by atoms with van der Waals surface area (Å²) in [7, 11) is 0. The predicted molar refractivity (Wildman–Crippen MR) is 303 cm³/mol. The third-order valence-electron chi connectivity index (χ3n) is 13.8. The Kier molecular flexibility index (Phi) is 13.1. The van der Waals surface area contributed by atoms with Crippen molar-refractivity contribution in [2.45, 2.75) is 47.5 Å². The fraction of sp³-hybridized carbons (Fsp3) is 0.104. The maximum Gasteiger partial charge on any atom is 0.241 e. The van der Waals surface area contributed by atoms with Crippen LogP contribution in [-0.2, 0) is 0 Å². The minimum atomic E-state index is -0.0334. The van der Waals surface area contributed by atoms with Crippen molar-refractivity contribution in [2.24, 2.45) is 0 Å². The highest BCUT2D eigenvalue weighted by atomic mass is 15.4. The zero-order valence-electron chi connectivity index (χ0n) is 42.5. The lowest BCUT2D eigenvalue weighted by molar-refractivity contribution is 0.917. The number of aryl methyl sites for hydroxylation is 6. The van der Waals surface area contributed by atoms with Crippen molar-refractivity contribution in [2.75, 3.05) is 4.90 Å². The smallest absolute Gasteiger partial charge is 0.241 e. The van der Waals surface area contributed by atoms with Crippen molar-refractivity contribution in [3.63, 3.8) is 0 Å². The van der Waals surface area contributed by atoms with Crippen molar-refractivity contribution < 1.29 is 0 Å². The lowest BCUT2D eigenvalue weighted by Crippen LogP contribution is -2.19. The summed E-state index contributed by atoms with van der Waals surface area (Å²) in [6, 6.07) is 75.6. The molecule has 0 unspecified atom stereocenters. The van der Waals surface area contributed by atoms with Crippen LogP contribution in [0.4, 0.5) is 17.6 Å². The van der Waals surface area contributed by atoms with E-state index in [0.29, 0.717) is 35.2 Å². The van der Waals surface area contributed by atoms with Gasteiger partial charge < -0.3 is 0 Å². The van der Waals surface area contributed by atoms with Crippen LogP contribution in [0.5, 0.6) is 0 Å². The molecule has 7 heteroatoms. The summed E-state index contributed by atoms with van der Waals surface area (Å²) >= 11 is 0. The van der Waals surface area contributed by atoms with E-state index in [1.807, 2.05) is 83.8 Å². The monoisotopic (exact) mass is 957 g/mol. The van der Waals surface area contributed by atoms with Crippen LogP contribution >= 0.6 is 0 Å². The number of hydrogen-bond acceptors (Lipinski definition) is 7. The zero-order valence-corrected chi connectivity index (χ0v) is 42.5. The van der Waals surface area contributed by atoms with Crippen LogP contribution in [0.3, 0.4) is 0 Å². The Hall–Kier alpha value is -9.20. The number of nitrogens with zero attached hydrogens (tertiary/aromatic N) is 7. The molecule has 0 spiro atoms. The summed E-state index contributed by atoms with van der Waals surface area (Å²) in [6.07, 6.45) is 0. The van der Waals surface area contributed by atoms with Crippen molar-refractivity contribution in [1.29, 1.82) is 0 Å². The van der Waals surface area contributed by atoms with Gasteiger partial charge in [-0.15, -0.1) is 0 Å². The van der Waals surface area contributed by atoms with Gasteiger partial charge in [-0.2, -0.15) is 19.9 Å². The highest BCUT2D eigenvalue weighted by Crippen LogP contribution is 2.42. The van der Waals surface area contributed by atoms with Crippen LogP contribution in [0.25, 0.3) is 67.8 Å². The van der Waals surface area contributed by atoms with Gasteiger partial charge in [0.25, 0.3) is 0 Å². The molecule has 0 aliphatic rings. The number of anilines is 3. The van der Waals surface area contributed by atoms with Gasteiger partial charge in [-0.05, 0) is 115 Å². The quantitative estimate of drug-likeness (QED) is 0.113. The predicted octanol–water partition coefficient (Wildman–Crippen LogP) is 16.6. The van der Waals surface area contributed by atoms with E-state index in [4.69, 9.17) is 29.9 Å². The van der Waals surface area contributed by atoms with E-state index in [1.165, 1.54) is 44.5 Å². The minimum Gasteiger partial charge on any atom is -0.246 e. The van der Waals surface area contributed by atoms with E-state index >= 15 is 0 Å². The largest absolute Gasteiger partial charge is 0.246 e. The molecule has 11 aromatic rings. The Labute approximate surface area is 434 Å². The average molecular weight is 958 g/mol. The van der Waals surface area contributed by atoms with Gasteiger partial charge in [0.2, 0.25) is 11.9 Å². The topological polar surface area (TPSA) is 80.6 Å². The summed E-state index contributed by atoms with van der Waals surface area (Å²) in [5.41, 5.74) is 19.8. The molecule has 0 saturated carbocycles. The maximum absolute atomic E-state index is 5.44. The second-order valence-corrected chi connectivity index (χ2v) is 19.1. The highest BCUT2D eigenvalue weighted by molar-refractivity contribution is 5.82. The third kappa shape index (κ3) is 9.63. The molecule has 0 amide bonds. The van der Waals surface area contributed by atoms with E-state index in [9.17, 15) is 0 Å². The van der Waals surface area contributed by atoms with E-state index in [-0.39, 0.29) is 5.92 Å². The summed E-state index contributed by atoms with van der Waals surface area (Å²) in [6.45, 7) is 13.3. The molecule has 9 aromatic carbocycles. The number of rotatable bonds is 12. The third-order valence-corrected chi connectivity index (χ3v) is 13.8. The fourth-order valence-corrected chi connectivity index (χ4v) is 10.5.